The van der Waals surface area contributed by atoms with Crippen molar-refractivity contribution in [3.05, 3.63) is 29.8 Å². The Hall–Kier alpha value is -2.10. The second kappa shape index (κ2) is 7.03. The van der Waals surface area contributed by atoms with Crippen molar-refractivity contribution in [2.24, 2.45) is 10.9 Å². The molecule has 1 heterocycles. The summed E-state index contributed by atoms with van der Waals surface area (Å²) in [6.45, 7) is 1.96. The summed E-state index contributed by atoms with van der Waals surface area (Å²) in [7, 11) is -3.79. The van der Waals surface area contributed by atoms with Crippen molar-refractivity contribution in [3.8, 4) is 0 Å². The lowest BCUT2D eigenvalue weighted by Crippen LogP contribution is -2.42. The van der Waals surface area contributed by atoms with Gasteiger partial charge < -0.3 is 5.32 Å². The summed E-state index contributed by atoms with van der Waals surface area (Å²) in [5, 5.41) is 1.81. The van der Waals surface area contributed by atoms with Gasteiger partial charge in [-0.05, 0) is 18.1 Å². The summed E-state index contributed by atoms with van der Waals surface area (Å²) >= 11 is 0. The average molecular weight is 377 g/mol. The largest absolute Gasteiger partial charge is 0.405 e. The van der Waals surface area contributed by atoms with Gasteiger partial charge >= 0.3 is 6.18 Å². The number of sulfonamides is 1. The molecule has 1 aliphatic heterocycles. The molecular weight excluding hydrogens is 359 g/mol. The first kappa shape index (κ1) is 19.2. The molecule has 0 spiro atoms. The van der Waals surface area contributed by atoms with Crippen LogP contribution in [0.25, 0.3) is 0 Å². The summed E-state index contributed by atoms with van der Waals surface area (Å²) in [4.78, 5) is 16.3. The summed E-state index contributed by atoms with van der Waals surface area (Å²) < 4.78 is 63.4. The van der Waals surface area contributed by atoms with Crippen LogP contribution in [0.3, 0.4) is 0 Å². The summed E-state index contributed by atoms with van der Waals surface area (Å²) in [5.41, 5.74) is 0.291. The molecule has 0 radical (unpaired) electrons. The van der Waals surface area contributed by atoms with E-state index in [9.17, 15) is 26.4 Å². The molecule has 1 aromatic carbocycles. The van der Waals surface area contributed by atoms with E-state index < -0.39 is 34.7 Å². The second-order valence-electron chi connectivity index (χ2n) is 5.74. The Morgan fingerprint density at radius 1 is 1.32 bits per heavy atom. The minimum absolute atomic E-state index is 0.0207. The zero-order chi connectivity index (χ0) is 18.8. The number of rotatable bonds is 5. The van der Waals surface area contributed by atoms with E-state index in [-0.39, 0.29) is 16.6 Å². The maximum atomic E-state index is 12.3. The number of hydrogen-bond acceptors (Lipinski definition) is 4. The van der Waals surface area contributed by atoms with Crippen LogP contribution in [0.5, 0.6) is 0 Å². The SMILES string of the molecule is CC[C@H](C)[C@H](N=C1NS(=O)(=O)c2ccccc21)C(=O)NCC(F)(F)F. The maximum absolute atomic E-state index is 12.3. The number of amides is 1. The van der Waals surface area contributed by atoms with E-state index >= 15 is 0 Å². The van der Waals surface area contributed by atoms with Crippen LogP contribution in [0.1, 0.15) is 25.8 Å². The van der Waals surface area contributed by atoms with Crippen molar-refractivity contribution < 1.29 is 26.4 Å². The van der Waals surface area contributed by atoms with Gasteiger partial charge in [-0.1, -0.05) is 32.4 Å². The number of halogens is 3. The fraction of sp³-hybridized carbons (Fsp3) is 0.467. The van der Waals surface area contributed by atoms with E-state index in [0.29, 0.717) is 12.0 Å². The van der Waals surface area contributed by atoms with E-state index in [1.54, 1.807) is 26.0 Å². The van der Waals surface area contributed by atoms with Gasteiger partial charge in [0.25, 0.3) is 10.0 Å². The molecule has 6 nitrogen and oxygen atoms in total. The van der Waals surface area contributed by atoms with Crippen molar-refractivity contribution in [1.29, 1.82) is 0 Å². The molecule has 1 amide bonds. The van der Waals surface area contributed by atoms with Crippen molar-refractivity contribution in [3.63, 3.8) is 0 Å². The Morgan fingerprint density at radius 3 is 2.56 bits per heavy atom. The van der Waals surface area contributed by atoms with Crippen molar-refractivity contribution in [2.45, 2.75) is 37.4 Å². The van der Waals surface area contributed by atoms with Crippen LogP contribution in [-0.4, -0.2) is 38.9 Å². The quantitative estimate of drug-likeness (QED) is 0.821. The molecule has 2 N–H and O–H groups in total. The number of amidine groups is 1. The normalized spacial score (nSPS) is 19.8. The molecule has 2 rings (SSSR count). The highest BCUT2D eigenvalue weighted by molar-refractivity contribution is 7.90. The number of carbonyl (C=O) groups excluding carboxylic acids is 1. The Bertz CT molecular complexity index is 791. The van der Waals surface area contributed by atoms with Crippen LogP contribution in [-0.2, 0) is 14.8 Å². The second-order valence-corrected chi connectivity index (χ2v) is 7.39. The van der Waals surface area contributed by atoms with Gasteiger partial charge in [0.05, 0.1) is 4.90 Å². The van der Waals surface area contributed by atoms with Gasteiger partial charge in [0.1, 0.15) is 18.4 Å². The molecule has 0 fully saturated rings. The van der Waals surface area contributed by atoms with E-state index in [4.69, 9.17) is 0 Å². The van der Waals surface area contributed by atoms with E-state index in [1.807, 2.05) is 5.32 Å². The lowest BCUT2D eigenvalue weighted by molar-refractivity contribution is -0.139. The van der Waals surface area contributed by atoms with Gasteiger partial charge in [-0.15, -0.1) is 0 Å². The molecule has 0 saturated heterocycles. The molecule has 2 atom stereocenters. The van der Waals surface area contributed by atoms with Crippen LogP contribution >= 0.6 is 0 Å². The van der Waals surface area contributed by atoms with Crippen LogP contribution in [0.4, 0.5) is 13.2 Å². The minimum atomic E-state index is -4.54. The Balaban J connectivity index is 2.34. The maximum Gasteiger partial charge on any atom is 0.405 e. The Kier molecular flexibility index (Phi) is 5.40. The molecular formula is C15H18F3N3O3S. The molecule has 0 unspecified atom stereocenters. The third-order valence-corrected chi connectivity index (χ3v) is 5.24. The third-order valence-electron chi connectivity index (χ3n) is 3.85. The predicted octanol–water partition coefficient (Wildman–Crippen LogP) is 1.82. The zero-order valence-corrected chi connectivity index (χ0v) is 14.4. The number of carbonyl (C=O) groups is 1. The molecule has 25 heavy (non-hydrogen) atoms. The van der Waals surface area contributed by atoms with Crippen LogP contribution in [0, 0.1) is 5.92 Å². The first-order valence-electron chi connectivity index (χ1n) is 7.59. The van der Waals surface area contributed by atoms with E-state index in [1.165, 1.54) is 12.1 Å². The average Bonchev–Trinajstić information content (AvgIpc) is 2.80. The fourth-order valence-corrected chi connectivity index (χ4v) is 3.57. The summed E-state index contributed by atoms with van der Waals surface area (Å²) in [6.07, 6.45) is -4.06. The molecule has 138 valence electrons. The predicted molar refractivity (Wildman–Crippen MR) is 85.6 cm³/mol. The van der Waals surface area contributed by atoms with Crippen molar-refractivity contribution >= 4 is 21.8 Å². The standard InChI is InChI=1S/C15H18F3N3O3S/c1-3-9(2)12(14(22)19-8-15(16,17)18)20-13-10-6-4-5-7-11(10)25(23,24)21-13/h4-7,9,12H,3,8H2,1-2H3,(H,19,22)(H,20,21)/t9-,12-/m0/s1. The van der Waals surface area contributed by atoms with Crippen molar-refractivity contribution in [2.75, 3.05) is 6.54 Å². The van der Waals surface area contributed by atoms with Gasteiger partial charge in [0.2, 0.25) is 5.91 Å². The third kappa shape index (κ3) is 4.50. The molecule has 1 aromatic rings. The molecule has 0 saturated carbocycles. The molecule has 1 aliphatic rings. The monoisotopic (exact) mass is 377 g/mol. The van der Waals surface area contributed by atoms with Crippen LogP contribution in [0.2, 0.25) is 0 Å². The number of fused-ring (bicyclic) bond motifs is 1. The molecule has 0 aliphatic carbocycles. The van der Waals surface area contributed by atoms with Gasteiger partial charge in [-0.25, -0.2) is 8.42 Å². The van der Waals surface area contributed by atoms with E-state index in [2.05, 4.69) is 9.71 Å². The summed E-state index contributed by atoms with van der Waals surface area (Å²) in [5.74, 6) is -1.32. The number of aliphatic imine (C=N–C) groups is 1. The summed E-state index contributed by atoms with van der Waals surface area (Å²) in [6, 6.07) is 4.92. The molecule has 0 aromatic heterocycles. The first-order valence-corrected chi connectivity index (χ1v) is 9.08. The van der Waals surface area contributed by atoms with Gasteiger partial charge in [0.15, 0.2) is 0 Å². The smallest absolute Gasteiger partial charge is 0.345 e. The lowest BCUT2D eigenvalue weighted by atomic mass is 9.98. The number of alkyl halides is 3. The first-order chi connectivity index (χ1) is 11.5. The number of benzene rings is 1. The molecule has 10 heteroatoms. The van der Waals surface area contributed by atoms with E-state index in [0.717, 1.165) is 0 Å². The Morgan fingerprint density at radius 2 is 1.96 bits per heavy atom. The van der Waals surface area contributed by atoms with Gasteiger partial charge in [0, 0.05) is 5.56 Å². The van der Waals surface area contributed by atoms with Crippen molar-refractivity contribution in [1.82, 2.24) is 10.0 Å². The zero-order valence-electron chi connectivity index (χ0n) is 13.6. The highest BCUT2D eigenvalue weighted by atomic mass is 32.2. The highest BCUT2D eigenvalue weighted by Crippen LogP contribution is 2.24. The highest BCUT2D eigenvalue weighted by Gasteiger charge is 2.34. The van der Waals surface area contributed by atoms with Gasteiger partial charge in [-0.2, -0.15) is 13.2 Å². The molecule has 0 bridgehead atoms. The van der Waals surface area contributed by atoms with Crippen LogP contribution in [0.15, 0.2) is 34.2 Å². The fourth-order valence-electron chi connectivity index (χ4n) is 2.33. The minimum Gasteiger partial charge on any atom is -0.345 e. The van der Waals surface area contributed by atoms with Gasteiger partial charge in [-0.3, -0.25) is 14.5 Å². The number of hydrogen-bond donors (Lipinski definition) is 2. The topological polar surface area (TPSA) is 87.6 Å². The lowest BCUT2D eigenvalue weighted by Gasteiger charge is -2.20. The Labute approximate surface area is 143 Å². The van der Waals surface area contributed by atoms with Crippen LogP contribution < -0.4 is 10.0 Å². The number of nitrogens with one attached hydrogen (secondary N) is 2. The number of nitrogens with zero attached hydrogens (tertiary/aromatic N) is 1.